The van der Waals surface area contributed by atoms with Crippen molar-refractivity contribution >= 4 is 20.0 Å². The van der Waals surface area contributed by atoms with Crippen LogP contribution in [-0.2, 0) is 14.7 Å². The summed E-state index contributed by atoms with van der Waals surface area (Å²) < 4.78 is 5.14. The Bertz CT molecular complexity index is 762. The number of ether oxygens (including phenoxy) is 1. The maximum atomic E-state index is 12.1. The summed E-state index contributed by atoms with van der Waals surface area (Å²) in [6.07, 6.45) is 0. The molecule has 0 aliphatic rings. The van der Waals surface area contributed by atoms with Crippen molar-refractivity contribution in [1.29, 1.82) is 0 Å². The van der Waals surface area contributed by atoms with Gasteiger partial charge in [0.1, 0.15) is 0 Å². The highest BCUT2D eigenvalue weighted by atomic mass is 31.1. The van der Waals surface area contributed by atoms with Gasteiger partial charge in [0.05, 0.1) is 11.8 Å². The van der Waals surface area contributed by atoms with Crippen molar-refractivity contribution in [2.45, 2.75) is 12.1 Å². The molecule has 0 saturated carbocycles. The average molecular weight is 360 g/mol. The molecule has 0 N–H and O–H groups in total. The molecule has 0 saturated heterocycles. The van der Waals surface area contributed by atoms with Crippen molar-refractivity contribution in [2.75, 3.05) is 6.61 Å². The van der Waals surface area contributed by atoms with Crippen molar-refractivity contribution in [2.24, 2.45) is 0 Å². The van der Waals surface area contributed by atoms with E-state index in [1.165, 1.54) is 0 Å². The van der Waals surface area contributed by atoms with E-state index in [9.17, 15) is 4.79 Å². The number of carbonyl (C=O) groups is 1. The smallest absolute Gasteiger partial charge is 0.335 e. The molecule has 0 bridgehead atoms. The van der Waals surface area contributed by atoms with Gasteiger partial charge in [-0.3, -0.25) is 0 Å². The Balaban J connectivity index is 2.26. The quantitative estimate of drug-likeness (QED) is 0.339. The Kier molecular flexibility index (Phi) is 5.99. The van der Waals surface area contributed by atoms with Gasteiger partial charge < -0.3 is 4.74 Å². The lowest BCUT2D eigenvalue weighted by atomic mass is 9.84. The monoisotopic (exact) mass is 360 g/mol. The normalized spacial score (nSPS) is 11.4. The third kappa shape index (κ3) is 3.76. The largest absolute Gasteiger partial charge is 0.463 e. The van der Waals surface area contributed by atoms with Gasteiger partial charge in [0, 0.05) is 5.80 Å². The second-order valence-corrected chi connectivity index (χ2v) is 7.01. The van der Waals surface area contributed by atoms with Crippen LogP contribution in [0.2, 0.25) is 0 Å². The number of benzene rings is 3. The van der Waals surface area contributed by atoms with Crippen molar-refractivity contribution in [3.8, 4) is 0 Å². The molecule has 0 radical (unpaired) electrons. The molecule has 2 nitrogen and oxygen atoms in total. The molecule has 3 aromatic carbocycles. The van der Waals surface area contributed by atoms with Gasteiger partial charge in [-0.2, -0.15) is 0 Å². The lowest BCUT2D eigenvalue weighted by Gasteiger charge is -2.32. The first kappa shape index (κ1) is 18.1. The summed E-state index contributed by atoms with van der Waals surface area (Å²) >= 11 is 0. The molecule has 0 spiro atoms. The Morgan fingerprint density at radius 2 is 1.19 bits per heavy atom. The topological polar surface area (TPSA) is 26.3 Å². The van der Waals surface area contributed by atoms with Crippen LogP contribution in [0.25, 0.3) is 0 Å². The summed E-state index contributed by atoms with van der Waals surface area (Å²) in [4.78, 5) is 12.1. The highest BCUT2D eigenvalue weighted by molar-refractivity contribution is 7.43. The van der Waals surface area contributed by atoms with Gasteiger partial charge in [-0.15, -0.1) is 0 Å². The van der Waals surface area contributed by atoms with Crippen molar-refractivity contribution < 1.29 is 9.53 Å². The number of hydrogen-bond acceptors (Lipinski definition) is 2. The molecule has 0 unspecified atom stereocenters. The van der Waals surface area contributed by atoms with Crippen molar-refractivity contribution in [3.63, 3.8) is 0 Å². The van der Waals surface area contributed by atoms with Crippen LogP contribution < -0.4 is 0 Å². The molecule has 3 rings (SSSR count). The minimum Gasteiger partial charge on any atom is -0.463 e. The van der Waals surface area contributed by atoms with Gasteiger partial charge in [0.15, 0.2) is 0 Å². The van der Waals surface area contributed by atoms with Gasteiger partial charge in [-0.25, -0.2) is 4.79 Å². The molecule has 26 heavy (non-hydrogen) atoms. The van der Waals surface area contributed by atoms with Crippen LogP contribution in [-0.4, -0.2) is 18.4 Å². The molecule has 3 aromatic rings. The van der Waals surface area contributed by atoms with E-state index < -0.39 is 5.16 Å². The van der Waals surface area contributed by atoms with Crippen molar-refractivity contribution in [3.05, 3.63) is 108 Å². The van der Waals surface area contributed by atoms with E-state index in [0.717, 1.165) is 24.9 Å². The number of carbonyl (C=O) groups excluding carboxylic acids is 1. The van der Waals surface area contributed by atoms with Gasteiger partial charge in [-0.1, -0.05) is 99.2 Å². The van der Waals surface area contributed by atoms with Crippen LogP contribution in [0.15, 0.2) is 91.0 Å². The first-order chi connectivity index (χ1) is 12.8. The highest BCUT2D eigenvalue weighted by Gasteiger charge is 2.34. The third-order valence-electron chi connectivity index (χ3n) is 4.22. The van der Waals surface area contributed by atoms with E-state index in [1.807, 2.05) is 61.5 Å². The Morgan fingerprint density at radius 1 is 0.808 bits per heavy atom. The molecule has 0 amide bonds. The first-order valence-corrected chi connectivity index (χ1v) is 9.62. The minimum atomic E-state index is -0.476. The maximum Gasteiger partial charge on any atom is 0.335 e. The second-order valence-electron chi connectivity index (χ2n) is 5.82. The van der Waals surface area contributed by atoms with Crippen LogP contribution in [0.4, 0.5) is 0 Å². The van der Waals surface area contributed by atoms with Gasteiger partial charge >= 0.3 is 5.97 Å². The van der Waals surface area contributed by atoms with Crippen LogP contribution in [0.1, 0.15) is 23.6 Å². The van der Waals surface area contributed by atoms with Gasteiger partial charge in [0.25, 0.3) is 0 Å². The number of rotatable bonds is 6. The molecule has 0 aromatic heterocycles. The van der Waals surface area contributed by atoms with Crippen LogP contribution in [0, 0.1) is 0 Å². The molecule has 0 heterocycles. The maximum absolute atomic E-state index is 12.1. The number of hydrogen-bond donors (Lipinski definition) is 0. The van der Waals surface area contributed by atoms with E-state index in [-0.39, 0.29) is 5.97 Å². The Hall–Kier alpha value is -2.70. The Morgan fingerprint density at radius 3 is 1.54 bits per heavy atom. The van der Waals surface area contributed by atoms with E-state index in [0.29, 0.717) is 6.61 Å². The summed E-state index contributed by atoms with van der Waals surface area (Å²) in [6.45, 7) is 2.20. The van der Waals surface area contributed by atoms with E-state index in [1.54, 1.807) is 5.80 Å². The van der Waals surface area contributed by atoms with E-state index in [2.05, 4.69) is 36.4 Å². The fourth-order valence-corrected chi connectivity index (χ4v) is 4.36. The van der Waals surface area contributed by atoms with Crippen LogP contribution in [0.3, 0.4) is 0 Å². The summed E-state index contributed by atoms with van der Waals surface area (Å²) in [5, 5.41) is -0.476. The molecule has 0 atom stereocenters. The SMILES string of the molecule is CCOC(=O)C=PC(c1ccccc1)(c1ccccc1)c1ccccc1. The molecular weight excluding hydrogens is 339 g/mol. The summed E-state index contributed by atoms with van der Waals surface area (Å²) in [5.74, 6) is 1.34. The zero-order valence-corrected chi connectivity index (χ0v) is 15.6. The van der Waals surface area contributed by atoms with E-state index in [4.69, 9.17) is 4.74 Å². The lowest BCUT2D eigenvalue weighted by Crippen LogP contribution is -2.23. The molecule has 3 heteroatoms. The standard InChI is InChI=1S/C23H21O2P/c1-2-25-22(24)18-26-23(19-12-6-3-7-13-19,20-14-8-4-9-15-20)21-16-10-5-11-17-21/h3-18H,2H2,1H3. The van der Waals surface area contributed by atoms with Crippen LogP contribution in [0.5, 0.6) is 0 Å². The van der Waals surface area contributed by atoms with Crippen LogP contribution >= 0.6 is 8.20 Å². The first-order valence-electron chi connectivity index (χ1n) is 8.66. The van der Waals surface area contributed by atoms with Gasteiger partial charge in [-0.05, 0) is 23.6 Å². The van der Waals surface area contributed by atoms with Gasteiger partial charge in [0.2, 0.25) is 0 Å². The predicted molar refractivity (Wildman–Crippen MR) is 109 cm³/mol. The molecule has 130 valence electrons. The molecule has 0 aliphatic carbocycles. The predicted octanol–water partition coefficient (Wildman–Crippen LogP) is 5.29. The second kappa shape index (κ2) is 8.60. The average Bonchev–Trinajstić information content (AvgIpc) is 2.71. The summed E-state index contributed by atoms with van der Waals surface area (Å²) in [7, 11) is 0.847. The third-order valence-corrected chi connectivity index (χ3v) is 5.73. The Labute approximate surface area is 156 Å². The van der Waals surface area contributed by atoms with Crippen molar-refractivity contribution in [1.82, 2.24) is 0 Å². The molecular formula is C23H21O2P. The fourth-order valence-electron chi connectivity index (χ4n) is 3.09. The number of esters is 1. The van der Waals surface area contributed by atoms with E-state index >= 15 is 0 Å². The zero-order chi connectivity index (χ0) is 18.2. The summed E-state index contributed by atoms with van der Waals surface area (Å²) in [6, 6.07) is 31.0. The minimum absolute atomic E-state index is 0.290. The molecule has 0 aliphatic heterocycles. The zero-order valence-electron chi connectivity index (χ0n) is 14.7. The highest BCUT2D eigenvalue weighted by Crippen LogP contribution is 2.47. The lowest BCUT2D eigenvalue weighted by molar-refractivity contribution is -0.134. The summed E-state index contributed by atoms with van der Waals surface area (Å²) in [5.41, 5.74) is 3.42. The molecule has 0 fully saturated rings. The fraction of sp³-hybridized carbons (Fsp3) is 0.130.